The number of thiazole rings is 1. The third-order valence-electron chi connectivity index (χ3n) is 4.01. The van der Waals surface area contributed by atoms with Crippen LogP contribution in [-0.2, 0) is 0 Å². The van der Waals surface area contributed by atoms with Crippen LogP contribution in [0.3, 0.4) is 0 Å². The summed E-state index contributed by atoms with van der Waals surface area (Å²) in [5.74, 6) is 0.872. The fourth-order valence-electron chi connectivity index (χ4n) is 2.70. The van der Waals surface area contributed by atoms with Crippen molar-refractivity contribution in [1.29, 1.82) is 0 Å². The van der Waals surface area contributed by atoms with Crippen molar-refractivity contribution < 1.29 is 9.53 Å². The fourth-order valence-corrected chi connectivity index (χ4v) is 4.11. The van der Waals surface area contributed by atoms with Gasteiger partial charge in [-0.2, -0.15) is 9.78 Å². The molecule has 142 valence electrons. The van der Waals surface area contributed by atoms with E-state index in [9.17, 15) is 4.79 Å². The summed E-state index contributed by atoms with van der Waals surface area (Å²) in [5.41, 5.74) is 1.87. The molecule has 0 atom stereocenters. The van der Waals surface area contributed by atoms with Gasteiger partial charge in [-0.25, -0.2) is 4.98 Å². The lowest BCUT2D eigenvalue weighted by Gasteiger charge is -2.08. The number of ether oxygens (including phenoxy) is 1. The van der Waals surface area contributed by atoms with Gasteiger partial charge in [0, 0.05) is 17.2 Å². The first-order valence-corrected chi connectivity index (χ1v) is 9.80. The van der Waals surface area contributed by atoms with Crippen molar-refractivity contribution in [2.75, 3.05) is 12.4 Å². The highest BCUT2D eigenvalue weighted by Gasteiger charge is 2.17. The minimum Gasteiger partial charge on any atom is -0.497 e. The van der Waals surface area contributed by atoms with Gasteiger partial charge in [-0.15, -0.1) is 0 Å². The summed E-state index contributed by atoms with van der Waals surface area (Å²) in [5, 5.41) is 8.69. The molecule has 0 aliphatic carbocycles. The van der Waals surface area contributed by atoms with Crippen LogP contribution >= 0.6 is 34.5 Å². The topological polar surface area (TPSA) is 69.0 Å². The van der Waals surface area contributed by atoms with E-state index in [0.717, 1.165) is 21.7 Å². The molecule has 4 aromatic rings. The zero-order chi connectivity index (χ0) is 19.8. The van der Waals surface area contributed by atoms with E-state index in [0.29, 0.717) is 21.5 Å². The van der Waals surface area contributed by atoms with E-state index in [1.54, 1.807) is 30.0 Å². The first-order chi connectivity index (χ1) is 13.4. The third-order valence-corrected chi connectivity index (χ3v) is 5.57. The molecule has 0 saturated heterocycles. The predicted molar refractivity (Wildman–Crippen MR) is 112 cm³/mol. The average Bonchev–Trinajstić information content (AvgIpc) is 3.23. The first-order valence-electron chi connectivity index (χ1n) is 8.22. The molecule has 0 radical (unpaired) electrons. The number of nitrogens with zero attached hydrogens (tertiary/aromatic N) is 3. The van der Waals surface area contributed by atoms with Gasteiger partial charge < -0.3 is 10.1 Å². The molecule has 0 unspecified atom stereocenters. The second-order valence-corrected chi connectivity index (χ2v) is 7.84. The Balaban J connectivity index is 1.70. The molecule has 0 fully saturated rings. The maximum atomic E-state index is 12.7. The lowest BCUT2D eigenvalue weighted by molar-refractivity contribution is 0.102. The standard InChI is InChI=1S/C19H14Cl2N4O2S/c1-10-7-17(23-18(26)13-5-3-11(20)8-14(13)21)25(24-10)19-22-15-9-12(27-2)4-6-16(15)28-19/h3-9H,1-2H3,(H,23,26). The maximum Gasteiger partial charge on any atom is 0.258 e. The van der Waals surface area contributed by atoms with Crippen LogP contribution in [0.2, 0.25) is 10.0 Å². The van der Waals surface area contributed by atoms with Gasteiger partial charge in [0.15, 0.2) is 0 Å². The van der Waals surface area contributed by atoms with Crippen LogP contribution in [0.15, 0.2) is 42.5 Å². The van der Waals surface area contributed by atoms with E-state index < -0.39 is 0 Å². The Bertz CT molecular complexity index is 1200. The molecule has 0 aliphatic heterocycles. The van der Waals surface area contributed by atoms with Gasteiger partial charge in [0.05, 0.1) is 33.6 Å². The Morgan fingerprint density at radius 3 is 2.75 bits per heavy atom. The summed E-state index contributed by atoms with van der Waals surface area (Å²) in [6.07, 6.45) is 0. The van der Waals surface area contributed by atoms with Crippen molar-refractivity contribution in [3.8, 4) is 10.9 Å². The van der Waals surface area contributed by atoms with Gasteiger partial charge in [-0.1, -0.05) is 34.5 Å². The number of aryl methyl sites for hydroxylation is 1. The van der Waals surface area contributed by atoms with Crippen LogP contribution in [0, 0.1) is 6.92 Å². The van der Waals surface area contributed by atoms with Crippen LogP contribution in [-0.4, -0.2) is 27.8 Å². The van der Waals surface area contributed by atoms with E-state index >= 15 is 0 Å². The van der Waals surface area contributed by atoms with Crippen LogP contribution in [0.5, 0.6) is 5.75 Å². The molecule has 2 aromatic heterocycles. The zero-order valence-corrected chi connectivity index (χ0v) is 17.2. The Morgan fingerprint density at radius 1 is 1.18 bits per heavy atom. The van der Waals surface area contributed by atoms with Gasteiger partial charge in [-0.05, 0) is 37.3 Å². The first kappa shape index (κ1) is 18.7. The number of halogens is 2. The zero-order valence-electron chi connectivity index (χ0n) is 14.9. The van der Waals surface area contributed by atoms with Crippen LogP contribution < -0.4 is 10.1 Å². The van der Waals surface area contributed by atoms with Crippen LogP contribution in [0.25, 0.3) is 15.3 Å². The number of methoxy groups -OCH3 is 1. The molecule has 2 aromatic carbocycles. The number of aromatic nitrogens is 3. The minimum atomic E-state index is -0.356. The number of hydrogen-bond acceptors (Lipinski definition) is 5. The smallest absolute Gasteiger partial charge is 0.258 e. The number of rotatable bonds is 4. The highest BCUT2D eigenvalue weighted by Crippen LogP contribution is 2.30. The van der Waals surface area contributed by atoms with Crippen LogP contribution in [0.4, 0.5) is 5.82 Å². The number of hydrogen-bond donors (Lipinski definition) is 1. The quantitative estimate of drug-likeness (QED) is 0.471. The molecule has 28 heavy (non-hydrogen) atoms. The molecule has 0 spiro atoms. The molecule has 6 nitrogen and oxygen atoms in total. The molecule has 9 heteroatoms. The molecule has 2 heterocycles. The molecule has 4 rings (SSSR count). The van der Waals surface area contributed by atoms with Crippen molar-refractivity contribution in [2.45, 2.75) is 6.92 Å². The normalized spacial score (nSPS) is 11.0. The monoisotopic (exact) mass is 432 g/mol. The van der Waals surface area contributed by atoms with Gasteiger partial charge in [0.25, 0.3) is 5.91 Å². The Morgan fingerprint density at radius 2 is 2.00 bits per heavy atom. The second-order valence-electron chi connectivity index (χ2n) is 5.99. The number of fused-ring (bicyclic) bond motifs is 1. The number of benzene rings is 2. The molecular formula is C19H14Cl2N4O2S. The van der Waals surface area contributed by atoms with Gasteiger partial charge in [0.2, 0.25) is 5.13 Å². The number of amides is 1. The summed E-state index contributed by atoms with van der Waals surface area (Å²) >= 11 is 13.5. The number of anilines is 1. The SMILES string of the molecule is COc1ccc2sc(-n3nc(C)cc3NC(=O)c3ccc(Cl)cc3Cl)nc2c1. The van der Waals surface area contributed by atoms with Crippen molar-refractivity contribution in [2.24, 2.45) is 0 Å². The number of carbonyl (C=O) groups is 1. The molecule has 1 amide bonds. The van der Waals surface area contributed by atoms with Gasteiger partial charge in [0.1, 0.15) is 11.6 Å². The molecule has 1 N–H and O–H groups in total. The Kier molecular flexibility index (Phi) is 4.97. The number of nitrogens with one attached hydrogen (secondary N) is 1. The van der Waals surface area contributed by atoms with Gasteiger partial charge in [-0.3, -0.25) is 4.79 Å². The van der Waals surface area contributed by atoms with E-state index in [-0.39, 0.29) is 10.9 Å². The van der Waals surface area contributed by atoms with E-state index in [4.69, 9.17) is 27.9 Å². The van der Waals surface area contributed by atoms with Crippen molar-refractivity contribution in [3.05, 3.63) is 63.8 Å². The fraction of sp³-hybridized carbons (Fsp3) is 0.105. The summed E-state index contributed by atoms with van der Waals surface area (Å²) in [4.78, 5) is 17.3. The van der Waals surface area contributed by atoms with Crippen LogP contribution in [0.1, 0.15) is 16.1 Å². The molecule has 0 saturated carbocycles. The highest BCUT2D eigenvalue weighted by molar-refractivity contribution is 7.20. The lowest BCUT2D eigenvalue weighted by atomic mass is 10.2. The third kappa shape index (κ3) is 3.56. The summed E-state index contributed by atoms with van der Waals surface area (Å²) in [6, 6.07) is 12.2. The van der Waals surface area contributed by atoms with Crippen molar-refractivity contribution in [1.82, 2.24) is 14.8 Å². The van der Waals surface area contributed by atoms with E-state index in [1.807, 2.05) is 25.1 Å². The van der Waals surface area contributed by atoms with E-state index in [2.05, 4.69) is 15.4 Å². The Hall–Kier alpha value is -2.61. The Labute approximate surface area is 174 Å². The van der Waals surface area contributed by atoms with Crippen molar-refractivity contribution in [3.63, 3.8) is 0 Å². The molecule has 0 bridgehead atoms. The minimum absolute atomic E-state index is 0.278. The largest absolute Gasteiger partial charge is 0.497 e. The summed E-state index contributed by atoms with van der Waals surface area (Å²) in [7, 11) is 1.61. The number of carbonyl (C=O) groups excluding carboxylic acids is 1. The van der Waals surface area contributed by atoms with Crippen molar-refractivity contribution >= 4 is 56.5 Å². The lowest BCUT2D eigenvalue weighted by Crippen LogP contribution is -2.15. The summed E-state index contributed by atoms with van der Waals surface area (Å²) in [6.45, 7) is 1.85. The average molecular weight is 433 g/mol. The molecular weight excluding hydrogens is 419 g/mol. The van der Waals surface area contributed by atoms with Gasteiger partial charge >= 0.3 is 0 Å². The highest BCUT2D eigenvalue weighted by atomic mass is 35.5. The van der Waals surface area contributed by atoms with E-state index in [1.165, 1.54) is 17.4 Å². The predicted octanol–water partition coefficient (Wildman–Crippen LogP) is 5.36. The summed E-state index contributed by atoms with van der Waals surface area (Å²) < 4.78 is 7.84. The molecule has 0 aliphatic rings. The maximum absolute atomic E-state index is 12.7. The second kappa shape index (κ2) is 7.43.